The Morgan fingerprint density at radius 1 is 1.17 bits per heavy atom. The summed E-state index contributed by atoms with van der Waals surface area (Å²) in [7, 11) is -2.11. The van der Waals surface area contributed by atoms with Gasteiger partial charge in [-0.25, -0.2) is 8.42 Å². The van der Waals surface area contributed by atoms with Crippen molar-refractivity contribution in [1.29, 1.82) is 0 Å². The van der Waals surface area contributed by atoms with Crippen molar-refractivity contribution in [3.05, 3.63) is 54.1 Å². The zero-order valence-corrected chi connectivity index (χ0v) is 18.6. The molecule has 3 rings (SSSR count). The molecule has 6 nitrogen and oxygen atoms in total. The van der Waals surface area contributed by atoms with Gasteiger partial charge in [-0.3, -0.25) is 4.79 Å². The molecule has 1 aliphatic rings. The van der Waals surface area contributed by atoms with E-state index < -0.39 is 10.0 Å². The van der Waals surface area contributed by atoms with Gasteiger partial charge in [0.05, 0.1) is 17.9 Å². The maximum Gasteiger partial charge on any atom is 0.243 e. The largest absolute Gasteiger partial charge is 0.497 e. The van der Waals surface area contributed by atoms with Gasteiger partial charge in [0, 0.05) is 18.8 Å². The number of amides is 1. The molecule has 0 bridgehead atoms. The second-order valence-electron chi connectivity index (χ2n) is 7.80. The molecule has 2 aromatic rings. The van der Waals surface area contributed by atoms with Gasteiger partial charge in [-0.15, -0.1) is 0 Å². The van der Waals surface area contributed by atoms with Crippen LogP contribution in [0.2, 0.25) is 0 Å². The van der Waals surface area contributed by atoms with E-state index in [1.165, 1.54) is 29.1 Å². The van der Waals surface area contributed by atoms with Gasteiger partial charge in [-0.1, -0.05) is 26.0 Å². The summed E-state index contributed by atoms with van der Waals surface area (Å²) in [5, 5.41) is 2.95. The van der Waals surface area contributed by atoms with Crippen LogP contribution in [0.25, 0.3) is 0 Å². The smallest absolute Gasteiger partial charge is 0.243 e. The number of ether oxygens (including phenoxy) is 1. The highest BCUT2D eigenvalue weighted by atomic mass is 32.2. The predicted octanol–water partition coefficient (Wildman–Crippen LogP) is 4.25. The van der Waals surface area contributed by atoms with E-state index in [9.17, 15) is 13.2 Å². The van der Waals surface area contributed by atoms with Crippen molar-refractivity contribution in [1.82, 2.24) is 4.31 Å². The van der Waals surface area contributed by atoms with Crippen LogP contribution in [0.4, 0.5) is 5.69 Å². The second kappa shape index (κ2) is 9.62. The molecule has 1 fully saturated rings. The first-order valence-corrected chi connectivity index (χ1v) is 11.8. The Kier molecular flexibility index (Phi) is 7.15. The summed E-state index contributed by atoms with van der Waals surface area (Å²) >= 11 is 0. The maximum atomic E-state index is 13.0. The first-order chi connectivity index (χ1) is 14.3. The Morgan fingerprint density at radius 3 is 2.43 bits per heavy atom. The van der Waals surface area contributed by atoms with Crippen molar-refractivity contribution in [2.45, 2.75) is 43.9 Å². The first-order valence-electron chi connectivity index (χ1n) is 10.4. The van der Waals surface area contributed by atoms with Gasteiger partial charge < -0.3 is 10.1 Å². The Labute approximate surface area is 179 Å². The van der Waals surface area contributed by atoms with E-state index in [1.807, 2.05) is 24.3 Å². The number of piperidine rings is 1. The number of nitrogens with one attached hydrogen (secondary N) is 1. The van der Waals surface area contributed by atoms with Crippen LogP contribution in [-0.4, -0.2) is 38.8 Å². The van der Waals surface area contributed by atoms with Gasteiger partial charge in [0.2, 0.25) is 15.9 Å². The molecule has 0 radical (unpaired) electrons. The molecule has 1 saturated heterocycles. The molecule has 30 heavy (non-hydrogen) atoms. The molecule has 0 saturated carbocycles. The topological polar surface area (TPSA) is 75.7 Å². The van der Waals surface area contributed by atoms with Crippen molar-refractivity contribution >= 4 is 21.6 Å². The van der Waals surface area contributed by atoms with Crippen molar-refractivity contribution in [2.75, 3.05) is 25.5 Å². The molecular formula is C23H30N2O4S. The van der Waals surface area contributed by atoms with Crippen molar-refractivity contribution in [3.8, 4) is 5.75 Å². The average molecular weight is 431 g/mol. The number of carbonyl (C=O) groups is 1. The van der Waals surface area contributed by atoms with Crippen LogP contribution >= 0.6 is 0 Å². The van der Waals surface area contributed by atoms with Crippen molar-refractivity contribution in [2.24, 2.45) is 5.92 Å². The summed E-state index contributed by atoms with van der Waals surface area (Å²) in [4.78, 5) is 13.0. The number of carbonyl (C=O) groups excluding carboxylic acids is 1. The van der Waals surface area contributed by atoms with Crippen LogP contribution in [0.5, 0.6) is 5.75 Å². The lowest BCUT2D eigenvalue weighted by Gasteiger charge is -2.31. The number of anilines is 1. The lowest BCUT2D eigenvalue weighted by molar-refractivity contribution is -0.120. The van der Waals surface area contributed by atoms with E-state index in [1.54, 1.807) is 12.1 Å². The minimum absolute atomic E-state index is 0.138. The van der Waals surface area contributed by atoms with E-state index >= 15 is 0 Å². The molecule has 1 aliphatic heterocycles. The van der Waals surface area contributed by atoms with Crippen molar-refractivity contribution < 1.29 is 17.9 Å². The van der Waals surface area contributed by atoms with E-state index in [0.717, 1.165) is 12.1 Å². The molecular weight excluding hydrogens is 400 g/mol. The molecule has 0 aromatic heterocycles. The molecule has 1 N–H and O–H groups in total. The number of hydrogen-bond acceptors (Lipinski definition) is 4. The summed E-state index contributed by atoms with van der Waals surface area (Å²) in [6.07, 6.45) is 2.39. The number of rotatable bonds is 7. The number of nitrogens with zero attached hydrogens (tertiary/aromatic N) is 1. The third-order valence-corrected chi connectivity index (χ3v) is 7.69. The molecule has 2 aromatic carbocycles. The second-order valence-corrected chi connectivity index (χ2v) is 9.74. The molecule has 2 atom stereocenters. The minimum Gasteiger partial charge on any atom is -0.497 e. The highest BCUT2D eigenvalue weighted by molar-refractivity contribution is 7.89. The third-order valence-electron chi connectivity index (χ3n) is 5.81. The normalized spacial score (nSPS) is 18.6. The van der Waals surface area contributed by atoms with Crippen LogP contribution in [0.1, 0.15) is 44.6 Å². The first kappa shape index (κ1) is 22.3. The summed E-state index contributed by atoms with van der Waals surface area (Å²) in [6, 6.07) is 14.2. The molecule has 7 heteroatoms. The van der Waals surface area contributed by atoms with Gasteiger partial charge >= 0.3 is 0 Å². The standard InChI is InChI=1S/C23H30N2O4S/c1-4-17(2)18-7-9-20(10-8-18)24-23(26)19-6-5-15-25(16-19)30(27,28)22-13-11-21(29-3)12-14-22/h7-14,17,19H,4-6,15-16H2,1-3H3,(H,24,26). The van der Waals surface area contributed by atoms with Crippen LogP contribution in [0, 0.1) is 5.92 Å². The fraction of sp³-hybridized carbons (Fsp3) is 0.435. The van der Waals surface area contributed by atoms with Gasteiger partial charge in [0.25, 0.3) is 0 Å². The Hall–Kier alpha value is -2.38. The van der Waals surface area contributed by atoms with E-state index in [0.29, 0.717) is 31.1 Å². The van der Waals surface area contributed by atoms with Gasteiger partial charge in [0.15, 0.2) is 0 Å². The summed E-state index contributed by atoms with van der Waals surface area (Å²) in [6.45, 7) is 4.93. The molecule has 0 spiro atoms. The number of benzene rings is 2. The fourth-order valence-electron chi connectivity index (χ4n) is 3.65. The Balaban J connectivity index is 1.66. The number of hydrogen-bond donors (Lipinski definition) is 1. The van der Waals surface area contributed by atoms with Crippen LogP contribution in [-0.2, 0) is 14.8 Å². The number of methoxy groups -OCH3 is 1. The zero-order valence-electron chi connectivity index (χ0n) is 17.8. The van der Waals surface area contributed by atoms with Crippen LogP contribution in [0.15, 0.2) is 53.4 Å². The quantitative estimate of drug-likeness (QED) is 0.713. The Morgan fingerprint density at radius 2 is 1.83 bits per heavy atom. The zero-order chi connectivity index (χ0) is 21.7. The highest BCUT2D eigenvalue weighted by Crippen LogP contribution is 2.26. The van der Waals surface area contributed by atoms with Crippen molar-refractivity contribution in [3.63, 3.8) is 0 Å². The van der Waals surface area contributed by atoms with Crippen LogP contribution < -0.4 is 10.1 Å². The molecule has 1 amide bonds. The molecule has 162 valence electrons. The lowest BCUT2D eigenvalue weighted by atomic mass is 9.97. The predicted molar refractivity (Wildman–Crippen MR) is 118 cm³/mol. The van der Waals surface area contributed by atoms with Gasteiger partial charge in [-0.2, -0.15) is 4.31 Å². The van der Waals surface area contributed by atoms with Crippen LogP contribution in [0.3, 0.4) is 0 Å². The summed E-state index contributed by atoms with van der Waals surface area (Å²) < 4.78 is 32.5. The van der Waals surface area contributed by atoms with E-state index in [4.69, 9.17) is 4.74 Å². The maximum absolute atomic E-state index is 13.0. The third kappa shape index (κ3) is 5.02. The fourth-order valence-corrected chi connectivity index (χ4v) is 5.17. The average Bonchev–Trinajstić information content (AvgIpc) is 2.79. The lowest BCUT2D eigenvalue weighted by Crippen LogP contribution is -2.43. The SMILES string of the molecule is CCC(C)c1ccc(NC(=O)C2CCCN(S(=O)(=O)c3ccc(OC)cc3)C2)cc1. The number of sulfonamides is 1. The molecule has 2 unspecified atom stereocenters. The van der Waals surface area contributed by atoms with Gasteiger partial charge in [0.1, 0.15) is 5.75 Å². The summed E-state index contributed by atoms with van der Waals surface area (Å²) in [5.41, 5.74) is 1.98. The van der Waals surface area contributed by atoms with Gasteiger partial charge in [-0.05, 0) is 67.1 Å². The monoisotopic (exact) mass is 430 g/mol. The van der Waals surface area contributed by atoms with E-state index in [2.05, 4.69) is 19.2 Å². The minimum atomic E-state index is -3.65. The van der Waals surface area contributed by atoms with E-state index in [-0.39, 0.29) is 23.3 Å². The Bertz CT molecular complexity index is 956. The molecule has 0 aliphatic carbocycles. The summed E-state index contributed by atoms with van der Waals surface area (Å²) in [5.74, 6) is 0.566. The molecule has 1 heterocycles. The highest BCUT2D eigenvalue weighted by Gasteiger charge is 2.33.